The number of ether oxygens (including phenoxy) is 1. The van der Waals surface area contributed by atoms with E-state index in [9.17, 15) is 0 Å². The van der Waals surface area contributed by atoms with Crippen LogP contribution in [0.15, 0.2) is 24.3 Å². The molecule has 0 N–H and O–H groups in total. The van der Waals surface area contributed by atoms with Crippen LogP contribution >= 0.6 is 23.5 Å². The molecule has 2 saturated heterocycles. The van der Waals surface area contributed by atoms with E-state index in [1.165, 1.54) is 23.7 Å². The number of methoxy groups -OCH3 is 1. The molecule has 0 saturated carbocycles. The standard InChI is InChI=1S/C14H19NOS2/c1-10-9-15(14-13(10)17-7-8-18-14)11-3-5-12(16-2)6-4-11/h3-6,10,13-14H,7-9H2,1-2H3/t10-,13+,14+/m1/s1. The van der Waals surface area contributed by atoms with Crippen LogP contribution in [0.1, 0.15) is 6.92 Å². The molecule has 0 amide bonds. The Balaban J connectivity index is 1.82. The normalized spacial score (nSPS) is 31.2. The number of hydrogen-bond acceptors (Lipinski definition) is 4. The number of hydrogen-bond donors (Lipinski definition) is 0. The van der Waals surface area contributed by atoms with Crippen molar-refractivity contribution < 1.29 is 4.74 Å². The molecule has 2 aliphatic heterocycles. The van der Waals surface area contributed by atoms with Crippen molar-refractivity contribution >= 4 is 29.2 Å². The number of anilines is 1. The Labute approximate surface area is 117 Å². The lowest BCUT2D eigenvalue weighted by Crippen LogP contribution is -2.34. The Morgan fingerprint density at radius 3 is 2.61 bits per heavy atom. The van der Waals surface area contributed by atoms with E-state index in [1.54, 1.807) is 7.11 Å². The van der Waals surface area contributed by atoms with Gasteiger partial charge in [0.05, 0.1) is 12.5 Å². The van der Waals surface area contributed by atoms with E-state index in [1.807, 2.05) is 0 Å². The van der Waals surface area contributed by atoms with Crippen LogP contribution in [0.25, 0.3) is 0 Å². The van der Waals surface area contributed by atoms with Crippen LogP contribution in [-0.4, -0.2) is 35.8 Å². The third-order valence-corrected chi connectivity index (χ3v) is 7.03. The van der Waals surface area contributed by atoms with Gasteiger partial charge in [-0.25, -0.2) is 0 Å². The molecular formula is C14H19NOS2. The number of thioether (sulfide) groups is 2. The minimum Gasteiger partial charge on any atom is -0.497 e. The number of fused-ring (bicyclic) bond motifs is 1. The first-order valence-corrected chi connectivity index (χ1v) is 8.53. The van der Waals surface area contributed by atoms with Gasteiger partial charge in [-0.15, -0.1) is 11.8 Å². The van der Waals surface area contributed by atoms with E-state index >= 15 is 0 Å². The van der Waals surface area contributed by atoms with Gasteiger partial charge < -0.3 is 9.64 Å². The highest BCUT2D eigenvalue weighted by molar-refractivity contribution is 8.07. The Kier molecular flexibility index (Phi) is 3.66. The molecular weight excluding hydrogens is 262 g/mol. The summed E-state index contributed by atoms with van der Waals surface area (Å²) in [6.45, 7) is 3.57. The summed E-state index contributed by atoms with van der Waals surface area (Å²) in [5, 5.41) is 1.46. The van der Waals surface area contributed by atoms with Gasteiger partial charge in [-0.1, -0.05) is 6.92 Å². The quantitative estimate of drug-likeness (QED) is 0.824. The molecule has 1 aromatic carbocycles. The Bertz CT molecular complexity index is 409. The maximum atomic E-state index is 5.23. The second-order valence-corrected chi connectivity index (χ2v) is 7.43. The van der Waals surface area contributed by atoms with E-state index < -0.39 is 0 Å². The zero-order chi connectivity index (χ0) is 12.5. The highest BCUT2D eigenvalue weighted by Gasteiger charge is 2.41. The van der Waals surface area contributed by atoms with Gasteiger partial charge in [0.25, 0.3) is 0 Å². The summed E-state index contributed by atoms with van der Waals surface area (Å²) in [5.41, 5.74) is 1.34. The van der Waals surface area contributed by atoms with Crippen molar-refractivity contribution in [2.75, 3.05) is 30.1 Å². The molecule has 0 bridgehead atoms. The molecule has 4 heteroatoms. The summed E-state index contributed by atoms with van der Waals surface area (Å²) in [5.74, 6) is 4.32. The minimum atomic E-state index is 0.659. The summed E-state index contributed by atoms with van der Waals surface area (Å²) >= 11 is 4.29. The van der Waals surface area contributed by atoms with E-state index in [0.717, 1.165) is 16.9 Å². The van der Waals surface area contributed by atoms with Crippen molar-refractivity contribution in [3.8, 4) is 5.75 Å². The highest BCUT2D eigenvalue weighted by atomic mass is 32.2. The third-order valence-electron chi connectivity index (χ3n) is 3.72. The fraction of sp³-hybridized carbons (Fsp3) is 0.571. The van der Waals surface area contributed by atoms with E-state index in [2.05, 4.69) is 59.6 Å². The average molecular weight is 281 g/mol. The van der Waals surface area contributed by atoms with Crippen molar-refractivity contribution in [1.82, 2.24) is 0 Å². The van der Waals surface area contributed by atoms with Gasteiger partial charge in [-0.05, 0) is 30.2 Å². The zero-order valence-corrected chi connectivity index (χ0v) is 12.5. The molecule has 0 aliphatic carbocycles. The molecule has 98 valence electrons. The zero-order valence-electron chi connectivity index (χ0n) is 10.8. The summed E-state index contributed by atoms with van der Waals surface area (Å²) in [4.78, 5) is 2.58. The molecule has 3 rings (SSSR count). The molecule has 0 radical (unpaired) electrons. The Morgan fingerprint density at radius 1 is 1.17 bits per heavy atom. The Hall–Kier alpha value is -0.480. The van der Waals surface area contributed by atoms with Crippen molar-refractivity contribution in [1.29, 1.82) is 0 Å². The number of benzene rings is 1. The van der Waals surface area contributed by atoms with E-state index in [-0.39, 0.29) is 0 Å². The smallest absolute Gasteiger partial charge is 0.119 e. The van der Waals surface area contributed by atoms with Crippen molar-refractivity contribution in [2.24, 2.45) is 5.92 Å². The lowest BCUT2D eigenvalue weighted by molar-refractivity contribution is 0.415. The fourth-order valence-corrected chi connectivity index (χ4v) is 6.11. The largest absolute Gasteiger partial charge is 0.497 e. The molecule has 2 nitrogen and oxygen atoms in total. The number of nitrogens with zero attached hydrogens (tertiary/aromatic N) is 1. The van der Waals surface area contributed by atoms with E-state index in [0.29, 0.717) is 5.37 Å². The first-order valence-electron chi connectivity index (χ1n) is 6.43. The summed E-state index contributed by atoms with van der Waals surface area (Å²) in [6, 6.07) is 8.50. The first kappa shape index (κ1) is 12.5. The summed E-state index contributed by atoms with van der Waals surface area (Å²) in [6.07, 6.45) is 0. The van der Waals surface area contributed by atoms with Crippen LogP contribution < -0.4 is 9.64 Å². The lowest BCUT2D eigenvalue weighted by Gasteiger charge is -2.32. The van der Waals surface area contributed by atoms with Gasteiger partial charge in [-0.3, -0.25) is 0 Å². The van der Waals surface area contributed by atoms with Gasteiger partial charge >= 0.3 is 0 Å². The molecule has 3 atom stereocenters. The second-order valence-electron chi connectivity index (χ2n) is 4.92. The van der Waals surface area contributed by atoms with E-state index in [4.69, 9.17) is 4.74 Å². The highest BCUT2D eigenvalue weighted by Crippen LogP contribution is 2.44. The monoisotopic (exact) mass is 281 g/mol. The van der Waals surface area contributed by atoms with Gasteiger partial charge in [0.1, 0.15) is 5.75 Å². The van der Waals surface area contributed by atoms with Gasteiger partial charge in [0.15, 0.2) is 0 Å². The Morgan fingerprint density at radius 2 is 1.89 bits per heavy atom. The van der Waals surface area contributed by atoms with Crippen LogP contribution in [0.5, 0.6) is 5.75 Å². The van der Waals surface area contributed by atoms with Gasteiger partial charge in [0, 0.05) is 29.0 Å². The topological polar surface area (TPSA) is 12.5 Å². The van der Waals surface area contributed by atoms with Crippen molar-refractivity contribution in [2.45, 2.75) is 17.5 Å². The fourth-order valence-electron chi connectivity index (χ4n) is 2.79. The van der Waals surface area contributed by atoms with Crippen LogP contribution in [0, 0.1) is 5.92 Å². The van der Waals surface area contributed by atoms with Crippen molar-refractivity contribution in [3.05, 3.63) is 24.3 Å². The molecule has 0 unspecified atom stereocenters. The maximum absolute atomic E-state index is 5.23. The maximum Gasteiger partial charge on any atom is 0.119 e. The second kappa shape index (κ2) is 5.25. The first-order chi connectivity index (χ1) is 8.79. The van der Waals surface area contributed by atoms with Crippen LogP contribution in [0.4, 0.5) is 5.69 Å². The molecule has 2 fully saturated rings. The van der Waals surface area contributed by atoms with Crippen LogP contribution in [-0.2, 0) is 0 Å². The molecule has 2 heterocycles. The molecule has 18 heavy (non-hydrogen) atoms. The van der Waals surface area contributed by atoms with Crippen molar-refractivity contribution in [3.63, 3.8) is 0 Å². The van der Waals surface area contributed by atoms with Gasteiger partial charge in [0.2, 0.25) is 0 Å². The summed E-state index contributed by atoms with van der Waals surface area (Å²) in [7, 11) is 1.72. The van der Waals surface area contributed by atoms with Crippen LogP contribution in [0.2, 0.25) is 0 Å². The predicted octanol–water partition coefficient (Wildman–Crippen LogP) is 3.33. The molecule has 0 aromatic heterocycles. The van der Waals surface area contributed by atoms with Crippen LogP contribution in [0.3, 0.4) is 0 Å². The molecule has 2 aliphatic rings. The third kappa shape index (κ3) is 2.21. The van der Waals surface area contributed by atoms with Gasteiger partial charge in [-0.2, -0.15) is 11.8 Å². The average Bonchev–Trinajstić information content (AvgIpc) is 2.77. The number of rotatable bonds is 2. The molecule has 1 aromatic rings. The predicted molar refractivity (Wildman–Crippen MR) is 82.0 cm³/mol. The lowest BCUT2D eigenvalue weighted by atomic mass is 10.1. The minimum absolute atomic E-state index is 0.659. The molecule has 0 spiro atoms. The summed E-state index contributed by atoms with van der Waals surface area (Å²) < 4.78 is 5.23. The SMILES string of the molecule is COc1ccc(N2C[C@@H](C)[C@@H]3SCCS[C@@H]32)cc1.